The van der Waals surface area contributed by atoms with Crippen LogP contribution >= 0.6 is 0 Å². The van der Waals surface area contributed by atoms with Crippen molar-refractivity contribution in [2.75, 3.05) is 0 Å². The average molecular weight is 284 g/mol. The summed E-state index contributed by atoms with van der Waals surface area (Å²) in [7, 11) is 0. The number of carbonyl (C=O) groups is 1. The van der Waals surface area contributed by atoms with Gasteiger partial charge in [-0.1, -0.05) is 6.07 Å². The highest BCUT2D eigenvalue weighted by Crippen LogP contribution is 2.23. The lowest BCUT2D eigenvalue weighted by molar-refractivity contribution is -0.136. The number of aliphatic carboxylic acids is 1. The molecule has 0 unspecified atom stereocenters. The van der Waals surface area contributed by atoms with E-state index >= 15 is 0 Å². The van der Waals surface area contributed by atoms with Gasteiger partial charge in [-0.15, -0.1) is 0 Å². The molecule has 1 aromatic carbocycles. The Morgan fingerprint density at radius 1 is 1.19 bits per heavy atom. The molecule has 0 spiro atoms. The third kappa shape index (κ3) is 2.63. The van der Waals surface area contributed by atoms with Crippen molar-refractivity contribution < 1.29 is 14.3 Å². The van der Waals surface area contributed by atoms with Gasteiger partial charge in [0, 0.05) is 18.2 Å². The minimum absolute atomic E-state index is 0.0322. The van der Waals surface area contributed by atoms with E-state index in [2.05, 4.69) is 4.98 Å². The molecule has 2 heterocycles. The molecular weight excluding hydrogens is 271 g/mol. The SMILES string of the molecule is O=C(O)CCc1nc(-c2ccc(F)cc2)n2ccccc12. The Balaban J connectivity index is 2.10. The molecule has 3 rings (SSSR count). The predicted molar refractivity (Wildman–Crippen MR) is 76.5 cm³/mol. The number of aromatic nitrogens is 2. The van der Waals surface area contributed by atoms with Crippen molar-refractivity contribution in [2.45, 2.75) is 12.8 Å². The summed E-state index contributed by atoms with van der Waals surface area (Å²) in [6, 6.07) is 11.8. The van der Waals surface area contributed by atoms with Gasteiger partial charge >= 0.3 is 5.97 Å². The fourth-order valence-corrected chi connectivity index (χ4v) is 2.31. The molecule has 0 aliphatic heterocycles. The molecule has 0 aliphatic carbocycles. The number of carboxylic acids is 1. The molecule has 0 atom stereocenters. The van der Waals surface area contributed by atoms with E-state index in [1.807, 2.05) is 28.8 Å². The molecule has 0 saturated carbocycles. The number of benzene rings is 1. The molecule has 0 aliphatic rings. The molecule has 0 bridgehead atoms. The zero-order chi connectivity index (χ0) is 14.8. The number of hydrogen-bond acceptors (Lipinski definition) is 2. The van der Waals surface area contributed by atoms with Crippen molar-refractivity contribution in [3.05, 3.63) is 60.2 Å². The molecule has 0 fully saturated rings. The van der Waals surface area contributed by atoms with Crippen molar-refractivity contribution >= 4 is 11.5 Å². The minimum Gasteiger partial charge on any atom is -0.481 e. The Morgan fingerprint density at radius 2 is 1.95 bits per heavy atom. The van der Waals surface area contributed by atoms with E-state index in [4.69, 9.17) is 5.11 Å². The molecule has 4 nitrogen and oxygen atoms in total. The number of fused-ring (bicyclic) bond motifs is 1. The van der Waals surface area contributed by atoms with Crippen LogP contribution in [0.3, 0.4) is 0 Å². The van der Waals surface area contributed by atoms with Crippen LogP contribution in [0.15, 0.2) is 48.7 Å². The zero-order valence-electron chi connectivity index (χ0n) is 11.2. The van der Waals surface area contributed by atoms with E-state index in [0.717, 1.165) is 16.8 Å². The van der Waals surface area contributed by atoms with Crippen molar-refractivity contribution in [1.29, 1.82) is 0 Å². The van der Waals surface area contributed by atoms with Gasteiger partial charge in [-0.2, -0.15) is 0 Å². The van der Waals surface area contributed by atoms with Gasteiger partial charge in [0.1, 0.15) is 11.6 Å². The maximum absolute atomic E-state index is 13.0. The smallest absolute Gasteiger partial charge is 0.303 e. The van der Waals surface area contributed by atoms with E-state index in [1.54, 1.807) is 12.1 Å². The Morgan fingerprint density at radius 3 is 2.67 bits per heavy atom. The Labute approximate surface area is 120 Å². The first-order chi connectivity index (χ1) is 10.1. The quantitative estimate of drug-likeness (QED) is 0.800. The van der Waals surface area contributed by atoms with E-state index in [9.17, 15) is 9.18 Å². The lowest BCUT2D eigenvalue weighted by Gasteiger charge is -2.00. The van der Waals surface area contributed by atoms with Gasteiger partial charge in [0.05, 0.1) is 17.6 Å². The van der Waals surface area contributed by atoms with Crippen LogP contribution in [0.1, 0.15) is 12.1 Å². The summed E-state index contributed by atoms with van der Waals surface area (Å²) in [5.41, 5.74) is 2.40. The highest BCUT2D eigenvalue weighted by Gasteiger charge is 2.13. The van der Waals surface area contributed by atoms with Gasteiger partial charge in [0.2, 0.25) is 0 Å². The van der Waals surface area contributed by atoms with Gasteiger partial charge in [-0.25, -0.2) is 9.37 Å². The number of aryl methyl sites for hydroxylation is 1. The maximum atomic E-state index is 13.0. The van der Waals surface area contributed by atoms with Gasteiger partial charge in [-0.3, -0.25) is 9.20 Å². The van der Waals surface area contributed by atoms with Gasteiger partial charge < -0.3 is 5.11 Å². The molecule has 1 N–H and O–H groups in total. The van der Waals surface area contributed by atoms with Crippen LogP contribution in [0, 0.1) is 5.82 Å². The lowest BCUT2D eigenvalue weighted by atomic mass is 10.2. The highest BCUT2D eigenvalue weighted by atomic mass is 19.1. The number of pyridine rings is 1. The van der Waals surface area contributed by atoms with Crippen LogP contribution in [0.5, 0.6) is 0 Å². The van der Waals surface area contributed by atoms with Crippen LogP contribution in [-0.2, 0) is 11.2 Å². The predicted octanol–water partition coefficient (Wildman–Crippen LogP) is 3.16. The Bertz CT molecular complexity index is 794. The first kappa shape index (κ1) is 13.3. The summed E-state index contributed by atoms with van der Waals surface area (Å²) >= 11 is 0. The Hall–Kier alpha value is -2.69. The summed E-state index contributed by atoms with van der Waals surface area (Å²) in [4.78, 5) is 15.3. The van der Waals surface area contributed by atoms with E-state index in [-0.39, 0.29) is 12.2 Å². The van der Waals surface area contributed by atoms with Crippen molar-refractivity contribution in [2.24, 2.45) is 0 Å². The topological polar surface area (TPSA) is 54.6 Å². The third-order valence-electron chi connectivity index (χ3n) is 3.30. The average Bonchev–Trinajstić information content (AvgIpc) is 2.85. The number of imidazole rings is 1. The zero-order valence-corrected chi connectivity index (χ0v) is 11.2. The minimum atomic E-state index is -0.851. The maximum Gasteiger partial charge on any atom is 0.303 e. The summed E-state index contributed by atoms with van der Waals surface area (Å²) in [5, 5.41) is 8.82. The number of nitrogens with zero attached hydrogens (tertiary/aromatic N) is 2. The molecule has 3 aromatic rings. The number of rotatable bonds is 4. The van der Waals surface area contributed by atoms with Crippen LogP contribution in [0.25, 0.3) is 16.9 Å². The second-order valence-electron chi connectivity index (χ2n) is 4.74. The molecular formula is C16H13FN2O2. The van der Waals surface area contributed by atoms with Gasteiger partial charge in [-0.05, 0) is 36.4 Å². The van der Waals surface area contributed by atoms with Crippen LogP contribution in [0.2, 0.25) is 0 Å². The van der Waals surface area contributed by atoms with Crippen LogP contribution in [-0.4, -0.2) is 20.5 Å². The number of halogens is 1. The first-order valence-electron chi connectivity index (χ1n) is 6.59. The largest absolute Gasteiger partial charge is 0.481 e. The molecule has 0 saturated heterocycles. The van der Waals surface area contributed by atoms with Crippen LogP contribution in [0.4, 0.5) is 4.39 Å². The van der Waals surface area contributed by atoms with Crippen molar-refractivity contribution in [1.82, 2.24) is 9.38 Å². The van der Waals surface area contributed by atoms with Crippen LogP contribution < -0.4 is 0 Å². The second kappa shape index (κ2) is 5.36. The Kier molecular flexibility index (Phi) is 3.39. The second-order valence-corrected chi connectivity index (χ2v) is 4.74. The monoisotopic (exact) mass is 284 g/mol. The third-order valence-corrected chi connectivity index (χ3v) is 3.30. The van der Waals surface area contributed by atoms with E-state index in [1.165, 1.54) is 12.1 Å². The van der Waals surface area contributed by atoms with E-state index < -0.39 is 5.97 Å². The van der Waals surface area contributed by atoms with Crippen molar-refractivity contribution in [3.8, 4) is 11.4 Å². The number of hydrogen-bond donors (Lipinski definition) is 1. The van der Waals surface area contributed by atoms with Crippen molar-refractivity contribution in [3.63, 3.8) is 0 Å². The highest BCUT2D eigenvalue weighted by molar-refractivity contribution is 5.69. The van der Waals surface area contributed by atoms with Gasteiger partial charge in [0.25, 0.3) is 0 Å². The molecule has 5 heteroatoms. The summed E-state index contributed by atoms with van der Waals surface area (Å²) in [5.74, 6) is -0.466. The van der Waals surface area contributed by atoms with Gasteiger partial charge in [0.15, 0.2) is 0 Å². The lowest BCUT2D eigenvalue weighted by Crippen LogP contribution is -1.98. The summed E-state index contributed by atoms with van der Waals surface area (Å²) < 4.78 is 14.9. The summed E-state index contributed by atoms with van der Waals surface area (Å²) in [6.45, 7) is 0. The fraction of sp³-hybridized carbons (Fsp3) is 0.125. The fourth-order valence-electron chi connectivity index (χ4n) is 2.31. The number of carboxylic acid groups (broad SMARTS) is 1. The molecule has 21 heavy (non-hydrogen) atoms. The first-order valence-corrected chi connectivity index (χ1v) is 6.59. The molecule has 106 valence electrons. The molecule has 0 radical (unpaired) electrons. The van der Waals surface area contributed by atoms with E-state index in [0.29, 0.717) is 12.2 Å². The normalized spacial score (nSPS) is 10.9. The molecule has 0 amide bonds. The summed E-state index contributed by atoms with van der Waals surface area (Å²) in [6.07, 6.45) is 2.26. The standard InChI is InChI=1S/C16H13FN2O2/c17-12-6-4-11(5-7-12)16-18-13(8-9-15(20)21)14-3-1-2-10-19(14)16/h1-7,10H,8-9H2,(H,20,21). The molecule has 2 aromatic heterocycles.